The standard InChI is InChI=1S/C18H11NO2S/c20-14-3-1-11-2-4-17-16(18(21)15(11)8-14)7-13(9-19-17)12-5-6-22-10-12/h1-10,20H. The Kier molecular flexibility index (Phi) is 2.91. The van der Waals surface area contributed by atoms with Crippen molar-refractivity contribution in [2.45, 2.75) is 0 Å². The predicted octanol–water partition coefficient (Wildman–Crippen LogP) is 4.18. The lowest BCUT2D eigenvalue weighted by Crippen LogP contribution is -1.99. The van der Waals surface area contributed by atoms with Gasteiger partial charge in [0.1, 0.15) is 5.75 Å². The molecule has 0 atom stereocenters. The average molecular weight is 305 g/mol. The maximum absolute atomic E-state index is 12.8. The van der Waals surface area contributed by atoms with Crippen LogP contribution in [0.3, 0.4) is 0 Å². The molecule has 3 nitrogen and oxygen atoms in total. The molecule has 22 heavy (non-hydrogen) atoms. The van der Waals surface area contributed by atoms with Crippen molar-refractivity contribution in [1.29, 1.82) is 0 Å². The second kappa shape index (κ2) is 4.93. The number of pyridine rings is 1. The summed E-state index contributed by atoms with van der Waals surface area (Å²) in [4.78, 5) is 17.2. The van der Waals surface area contributed by atoms with E-state index in [0.29, 0.717) is 16.3 Å². The Bertz CT molecular complexity index is 1060. The van der Waals surface area contributed by atoms with E-state index in [1.54, 1.807) is 29.7 Å². The zero-order chi connectivity index (χ0) is 15.1. The Morgan fingerprint density at radius 1 is 0.955 bits per heavy atom. The van der Waals surface area contributed by atoms with Crippen LogP contribution in [0.25, 0.3) is 32.8 Å². The zero-order valence-corrected chi connectivity index (χ0v) is 12.3. The lowest BCUT2D eigenvalue weighted by Gasteiger charge is -1.98. The number of aromatic hydroxyl groups is 1. The van der Waals surface area contributed by atoms with Crippen LogP contribution in [0.2, 0.25) is 0 Å². The lowest BCUT2D eigenvalue weighted by atomic mass is 10.1. The fourth-order valence-corrected chi connectivity index (χ4v) is 3.24. The van der Waals surface area contributed by atoms with Crippen molar-refractivity contribution < 1.29 is 5.11 Å². The first-order chi connectivity index (χ1) is 10.7. The molecule has 0 aliphatic rings. The molecule has 2 aromatic carbocycles. The molecule has 0 amide bonds. The van der Waals surface area contributed by atoms with Crippen LogP contribution in [0.1, 0.15) is 0 Å². The highest BCUT2D eigenvalue weighted by molar-refractivity contribution is 7.08. The van der Waals surface area contributed by atoms with E-state index in [9.17, 15) is 9.90 Å². The van der Waals surface area contributed by atoms with Crippen molar-refractivity contribution in [2.75, 3.05) is 0 Å². The van der Waals surface area contributed by atoms with E-state index in [4.69, 9.17) is 0 Å². The first kappa shape index (κ1) is 13.0. The van der Waals surface area contributed by atoms with Crippen molar-refractivity contribution in [2.24, 2.45) is 0 Å². The minimum absolute atomic E-state index is 0.0888. The maximum Gasteiger partial charge on any atom is 0.195 e. The summed E-state index contributed by atoms with van der Waals surface area (Å²) in [5.74, 6) is 0.0888. The molecular formula is C18H11NO2S. The molecule has 0 bridgehead atoms. The number of aromatic nitrogens is 1. The molecule has 2 heterocycles. The highest BCUT2D eigenvalue weighted by Crippen LogP contribution is 2.24. The Labute approximate surface area is 130 Å². The van der Waals surface area contributed by atoms with Crippen molar-refractivity contribution in [3.05, 3.63) is 69.6 Å². The van der Waals surface area contributed by atoms with E-state index in [2.05, 4.69) is 4.98 Å². The van der Waals surface area contributed by atoms with Gasteiger partial charge in [0.05, 0.1) is 5.52 Å². The van der Waals surface area contributed by atoms with Gasteiger partial charge < -0.3 is 5.11 Å². The number of hydrogen-bond acceptors (Lipinski definition) is 4. The summed E-state index contributed by atoms with van der Waals surface area (Å²) < 4.78 is 0. The molecule has 0 radical (unpaired) electrons. The molecule has 106 valence electrons. The molecule has 2 aromatic heterocycles. The van der Waals surface area contributed by atoms with Gasteiger partial charge in [0, 0.05) is 22.5 Å². The average Bonchev–Trinajstić information content (AvgIpc) is 3.03. The summed E-state index contributed by atoms with van der Waals surface area (Å²) in [7, 11) is 0. The highest BCUT2D eigenvalue weighted by atomic mass is 32.1. The highest BCUT2D eigenvalue weighted by Gasteiger charge is 2.07. The number of phenols is 1. The number of hydrogen-bond donors (Lipinski definition) is 1. The molecule has 0 spiro atoms. The van der Waals surface area contributed by atoms with Crippen LogP contribution in [0.5, 0.6) is 5.75 Å². The largest absolute Gasteiger partial charge is 0.508 e. The summed E-state index contributed by atoms with van der Waals surface area (Å²) >= 11 is 1.61. The quantitative estimate of drug-likeness (QED) is 0.574. The monoisotopic (exact) mass is 305 g/mol. The Hall–Kier alpha value is -2.72. The van der Waals surface area contributed by atoms with E-state index >= 15 is 0 Å². The molecule has 0 unspecified atom stereocenters. The van der Waals surface area contributed by atoms with Gasteiger partial charge >= 0.3 is 0 Å². The molecule has 0 saturated heterocycles. The molecule has 4 heteroatoms. The van der Waals surface area contributed by atoms with Gasteiger partial charge in [-0.15, -0.1) is 0 Å². The van der Waals surface area contributed by atoms with Gasteiger partial charge in [-0.3, -0.25) is 9.78 Å². The van der Waals surface area contributed by atoms with Gasteiger partial charge in [0.25, 0.3) is 0 Å². The van der Waals surface area contributed by atoms with Crippen LogP contribution in [0.15, 0.2) is 64.2 Å². The van der Waals surface area contributed by atoms with Gasteiger partial charge in [-0.1, -0.05) is 12.1 Å². The van der Waals surface area contributed by atoms with Crippen LogP contribution in [0.4, 0.5) is 0 Å². The van der Waals surface area contributed by atoms with Crippen molar-refractivity contribution >= 4 is 33.0 Å². The maximum atomic E-state index is 12.8. The molecule has 1 N–H and O–H groups in total. The summed E-state index contributed by atoms with van der Waals surface area (Å²) in [5.41, 5.74) is 2.51. The lowest BCUT2D eigenvalue weighted by molar-refractivity contribution is 0.476. The summed E-state index contributed by atoms with van der Waals surface area (Å²) in [6.45, 7) is 0. The first-order valence-electron chi connectivity index (χ1n) is 6.81. The van der Waals surface area contributed by atoms with Crippen LogP contribution in [0, 0.1) is 0 Å². The van der Waals surface area contributed by atoms with E-state index in [-0.39, 0.29) is 11.2 Å². The number of fused-ring (bicyclic) bond motifs is 2. The fourth-order valence-electron chi connectivity index (χ4n) is 2.58. The van der Waals surface area contributed by atoms with Gasteiger partial charge in [-0.05, 0) is 52.0 Å². The smallest absolute Gasteiger partial charge is 0.195 e. The normalized spacial score (nSPS) is 11.1. The van der Waals surface area contributed by atoms with Crippen LogP contribution < -0.4 is 5.43 Å². The summed E-state index contributed by atoms with van der Waals surface area (Å²) in [6.07, 6.45) is 1.78. The van der Waals surface area contributed by atoms with Crippen LogP contribution in [-0.4, -0.2) is 10.1 Å². The minimum atomic E-state index is -0.115. The summed E-state index contributed by atoms with van der Waals surface area (Å²) in [5, 5.41) is 15.5. The molecule has 0 aliphatic heterocycles. The van der Waals surface area contributed by atoms with Gasteiger partial charge in [0.15, 0.2) is 5.43 Å². The van der Waals surface area contributed by atoms with Crippen LogP contribution in [-0.2, 0) is 0 Å². The fraction of sp³-hybridized carbons (Fsp3) is 0. The van der Waals surface area contributed by atoms with E-state index < -0.39 is 0 Å². The number of nitrogens with zero attached hydrogens (tertiary/aromatic N) is 1. The number of phenolic OH excluding ortho intramolecular Hbond substituents is 1. The molecule has 0 aliphatic carbocycles. The first-order valence-corrected chi connectivity index (χ1v) is 7.75. The SMILES string of the molecule is O=c1c2cc(O)ccc2ccc2ncc(-c3ccsc3)cc12. The van der Waals surface area contributed by atoms with Gasteiger partial charge in [-0.25, -0.2) is 0 Å². The van der Waals surface area contributed by atoms with Crippen molar-refractivity contribution in [3.63, 3.8) is 0 Å². The van der Waals surface area contributed by atoms with E-state index in [0.717, 1.165) is 16.5 Å². The third-order valence-electron chi connectivity index (χ3n) is 3.72. The van der Waals surface area contributed by atoms with E-state index in [1.165, 1.54) is 6.07 Å². The topological polar surface area (TPSA) is 50.2 Å². The second-order valence-electron chi connectivity index (χ2n) is 5.10. The summed E-state index contributed by atoms with van der Waals surface area (Å²) in [6, 6.07) is 12.4. The van der Waals surface area contributed by atoms with Crippen molar-refractivity contribution in [3.8, 4) is 16.9 Å². The molecule has 4 aromatic rings. The third kappa shape index (κ3) is 2.05. The number of thiophene rings is 1. The second-order valence-corrected chi connectivity index (χ2v) is 5.88. The number of benzene rings is 1. The molecule has 4 rings (SSSR count). The molecule has 0 saturated carbocycles. The molecular weight excluding hydrogens is 294 g/mol. The Balaban J connectivity index is 2.13. The van der Waals surface area contributed by atoms with E-state index in [1.807, 2.05) is 35.0 Å². The van der Waals surface area contributed by atoms with Crippen molar-refractivity contribution in [1.82, 2.24) is 4.98 Å². The van der Waals surface area contributed by atoms with Crippen LogP contribution >= 0.6 is 11.3 Å². The molecule has 0 fully saturated rings. The van der Waals surface area contributed by atoms with Gasteiger partial charge in [-0.2, -0.15) is 11.3 Å². The predicted molar refractivity (Wildman–Crippen MR) is 90.5 cm³/mol. The Morgan fingerprint density at radius 2 is 1.82 bits per heavy atom. The minimum Gasteiger partial charge on any atom is -0.508 e. The Morgan fingerprint density at radius 3 is 2.64 bits per heavy atom. The van der Waals surface area contributed by atoms with Gasteiger partial charge in [0.2, 0.25) is 0 Å². The zero-order valence-electron chi connectivity index (χ0n) is 11.5. The number of rotatable bonds is 1. The third-order valence-corrected chi connectivity index (χ3v) is 4.40.